The molecule has 0 aliphatic rings. The van der Waals surface area contributed by atoms with Crippen molar-refractivity contribution >= 4 is 5.97 Å². The number of methoxy groups -OCH3 is 1. The summed E-state index contributed by atoms with van der Waals surface area (Å²) in [5.41, 5.74) is 0. The molecule has 6 nitrogen and oxygen atoms in total. The summed E-state index contributed by atoms with van der Waals surface area (Å²) in [5.74, 6) is -0.137. The van der Waals surface area contributed by atoms with Crippen LogP contribution in [0.1, 0.15) is 58.3 Å². The van der Waals surface area contributed by atoms with Gasteiger partial charge < -0.3 is 4.74 Å². The fourth-order valence-electron chi connectivity index (χ4n) is 2.28. The quantitative estimate of drug-likeness (QED) is 0.111. The third kappa shape index (κ3) is 14.6. The van der Waals surface area contributed by atoms with Crippen molar-refractivity contribution in [2.75, 3.05) is 7.11 Å². The summed E-state index contributed by atoms with van der Waals surface area (Å²) in [6, 6.07) is 0. The lowest BCUT2D eigenvalue weighted by atomic mass is 10.1. The Kier molecular flexibility index (Phi) is 16.3. The molecule has 0 rings (SSSR count). The van der Waals surface area contributed by atoms with Crippen LogP contribution in [0.15, 0.2) is 36.5 Å². The van der Waals surface area contributed by atoms with Crippen molar-refractivity contribution in [3.8, 4) is 0 Å². The SMILES string of the molecule is CC=CC(CC(C=CC=CCCCCCCCC(=O)OC)OO)OO. The molecule has 0 aliphatic carbocycles. The monoisotopic (exact) mass is 356 g/mol. The average Bonchev–Trinajstić information content (AvgIpc) is 2.63. The smallest absolute Gasteiger partial charge is 0.305 e. The number of esters is 1. The molecule has 0 amide bonds. The van der Waals surface area contributed by atoms with E-state index in [0.717, 1.165) is 38.5 Å². The molecule has 0 bridgehead atoms. The van der Waals surface area contributed by atoms with Crippen LogP contribution < -0.4 is 0 Å². The van der Waals surface area contributed by atoms with Crippen molar-refractivity contribution in [3.63, 3.8) is 0 Å². The van der Waals surface area contributed by atoms with Crippen LogP contribution in [0.3, 0.4) is 0 Å². The summed E-state index contributed by atoms with van der Waals surface area (Å²) in [7, 11) is 1.42. The van der Waals surface area contributed by atoms with Crippen molar-refractivity contribution < 1.29 is 29.8 Å². The predicted octanol–water partition coefficient (Wildman–Crippen LogP) is 4.69. The summed E-state index contributed by atoms with van der Waals surface area (Å²) < 4.78 is 4.60. The Labute approximate surface area is 150 Å². The first kappa shape index (κ1) is 23.5. The number of carbonyl (C=O) groups is 1. The van der Waals surface area contributed by atoms with E-state index in [1.807, 2.05) is 13.0 Å². The van der Waals surface area contributed by atoms with Gasteiger partial charge in [-0.25, -0.2) is 9.78 Å². The van der Waals surface area contributed by atoms with E-state index in [9.17, 15) is 4.79 Å². The number of rotatable bonds is 15. The summed E-state index contributed by atoms with van der Waals surface area (Å²) in [6.07, 6.45) is 17.0. The molecule has 2 unspecified atom stereocenters. The van der Waals surface area contributed by atoms with Gasteiger partial charge in [0, 0.05) is 12.8 Å². The topological polar surface area (TPSA) is 85.2 Å². The lowest BCUT2D eigenvalue weighted by molar-refractivity contribution is -0.297. The van der Waals surface area contributed by atoms with Crippen LogP contribution in [0.4, 0.5) is 0 Å². The maximum Gasteiger partial charge on any atom is 0.305 e. The first-order valence-corrected chi connectivity index (χ1v) is 8.81. The molecule has 0 spiro atoms. The Balaban J connectivity index is 3.77. The van der Waals surface area contributed by atoms with E-state index in [1.165, 1.54) is 7.11 Å². The van der Waals surface area contributed by atoms with Crippen molar-refractivity contribution in [2.24, 2.45) is 0 Å². The summed E-state index contributed by atoms with van der Waals surface area (Å²) in [5, 5.41) is 17.6. The first-order chi connectivity index (χ1) is 12.2. The average molecular weight is 356 g/mol. The van der Waals surface area contributed by atoms with Gasteiger partial charge in [-0.15, -0.1) is 0 Å². The Bertz CT molecular complexity index is 403. The van der Waals surface area contributed by atoms with Crippen molar-refractivity contribution in [3.05, 3.63) is 36.5 Å². The molecule has 0 fully saturated rings. The molecule has 0 aromatic rings. The highest BCUT2D eigenvalue weighted by atomic mass is 17.1. The van der Waals surface area contributed by atoms with Crippen LogP contribution in [0.2, 0.25) is 0 Å². The fraction of sp³-hybridized carbons (Fsp3) is 0.632. The van der Waals surface area contributed by atoms with E-state index in [-0.39, 0.29) is 5.97 Å². The Morgan fingerprint density at radius 2 is 1.60 bits per heavy atom. The fourth-order valence-corrected chi connectivity index (χ4v) is 2.28. The number of unbranched alkanes of at least 4 members (excludes halogenated alkanes) is 5. The Morgan fingerprint density at radius 1 is 0.960 bits per heavy atom. The molecule has 2 N–H and O–H groups in total. The zero-order valence-corrected chi connectivity index (χ0v) is 15.3. The third-order valence-electron chi connectivity index (χ3n) is 3.69. The third-order valence-corrected chi connectivity index (χ3v) is 3.69. The van der Waals surface area contributed by atoms with E-state index in [0.29, 0.717) is 12.8 Å². The van der Waals surface area contributed by atoms with Gasteiger partial charge in [-0.2, -0.15) is 0 Å². The van der Waals surface area contributed by atoms with Gasteiger partial charge in [0.15, 0.2) is 0 Å². The minimum atomic E-state index is -0.548. The molecule has 2 atom stereocenters. The highest BCUT2D eigenvalue weighted by molar-refractivity contribution is 5.68. The van der Waals surface area contributed by atoms with E-state index in [1.54, 1.807) is 24.3 Å². The molecule has 6 heteroatoms. The summed E-state index contributed by atoms with van der Waals surface area (Å²) in [6.45, 7) is 1.82. The second-order valence-corrected chi connectivity index (χ2v) is 5.74. The number of allylic oxidation sites excluding steroid dienone is 4. The van der Waals surface area contributed by atoms with E-state index >= 15 is 0 Å². The number of carbonyl (C=O) groups excluding carboxylic acids is 1. The standard InChI is InChI=1S/C19H32O6/c1-3-13-17(24-21)16-18(25-22)14-11-9-7-5-4-6-8-10-12-15-19(20)23-2/h3,7,9,11,13-14,17-18,21-22H,4-6,8,10,12,15-16H2,1-2H3. The van der Waals surface area contributed by atoms with Crippen LogP contribution in [0.25, 0.3) is 0 Å². The molecular weight excluding hydrogens is 324 g/mol. The van der Waals surface area contributed by atoms with Crippen molar-refractivity contribution in [1.82, 2.24) is 0 Å². The lowest BCUT2D eigenvalue weighted by Crippen LogP contribution is -2.18. The minimum Gasteiger partial charge on any atom is -0.469 e. The normalized spacial score (nSPS) is 14.6. The van der Waals surface area contributed by atoms with E-state index in [4.69, 9.17) is 10.5 Å². The second kappa shape index (κ2) is 17.4. The molecule has 0 aromatic heterocycles. The number of ether oxygens (including phenoxy) is 1. The molecule has 0 aliphatic heterocycles. The second-order valence-electron chi connectivity index (χ2n) is 5.74. The Morgan fingerprint density at radius 3 is 2.24 bits per heavy atom. The van der Waals surface area contributed by atoms with Crippen LogP contribution in [-0.2, 0) is 19.3 Å². The van der Waals surface area contributed by atoms with Gasteiger partial charge in [-0.3, -0.25) is 15.3 Å². The number of hydrogen-bond acceptors (Lipinski definition) is 6. The number of hydrogen-bond donors (Lipinski definition) is 2. The first-order valence-electron chi connectivity index (χ1n) is 8.81. The highest BCUT2D eigenvalue weighted by Crippen LogP contribution is 2.09. The van der Waals surface area contributed by atoms with Gasteiger partial charge in [0.1, 0.15) is 12.2 Å². The van der Waals surface area contributed by atoms with Gasteiger partial charge >= 0.3 is 5.97 Å². The summed E-state index contributed by atoms with van der Waals surface area (Å²) >= 11 is 0. The van der Waals surface area contributed by atoms with Gasteiger partial charge in [0.25, 0.3) is 0 Å². The van der Waals surface area contributed by atoms with Crippen LogP contribution in [0, 0.1) is 0 Å². The molecule has 0 saturated heterocycles. The van der Waals surface area contributed by atoms with Crippen LogP contribution in [0.5, 0.6) is 0 Å². The minimum absolute atomic E-state index is 0.137. The summed E-state index contributed by atoms with van der Waals surface area (Å²) in [4.78, 5) is 19.6. The lowest BCUT2D eigenvalue weighted by Gasteiger charge is -2.13. The van der Waals surface area contributed by atoms with Crippen LogP contribution >= 0.6 is 0 Å². The molecule has 0 saturated carbocycles. The van der Waals surface area contributed by atoms with E-state index in [2.05, 4.69) is 20.6 Å². The predicted molar refractivity (Wildman–Crippen MR) is 97.0 cm³/mol. The Hall–Kier alpha value is -1.47. The molecule has 25 heavy (non-hydrogen) atoms. The van der Waals surface area contributed by atoms with Gasteiger partial charge in [-0.1, -0.05) is 55.7 Å². The maximum absolute atomic E-state index is 10.9. The van der Waals surface area contributed by atoms with Crippen LogP contribution in [-0.4, -0.2) is 35.8 Å². The van der Waals surface area contributed by atoms with Crippen molar-refractivity contribution in [1.29, 1.82) is 0 Å². The van der Waals surface area contributed by atoms with Crippen molar-refractivity contribution in [2.45, 2.75) is 70.5 Å². The molecule has 0 aromatic carbocycles. The van der Waals surface area contributed by atoms with E-state index < -0.39 is 12.2 Å². The van der Waals surface area contributed by atoms with Gasteiger partial charge in [0.2, 0.25) is 0 Å². The largest absolute Gasteiger partial charge is 0.469 e. The molecular formula is C19H32O6. The van der Waals surface area contributed by atoms with Gasteiger partial charge in [-0.05, 0) is 26.2 Å². The highest BCUT2D eigenvalue weighted by Gasteiger charge is 2.12. The zero-order chi connectivity index (χ0) is 18.8. The molecule has 0 radical (unpaired) electrons. The molecule has 144 valence electrons. The zero-order valence-electron chi connectivity index (χ0n) is 15.3. The van der Waals surface area contributed by atoms with Gasteiger partial charge in [0.05, 0.1) is 7.11 Å². The maximum atomic E-state index is 10.9. The molecule has 0 heterocycles.